The van der Waals surface area contributed by atoms with Gasteiger partial charge in [0, 0.05) is 29.7 Å². The van der Waals surface area contributed by atoms with E-state index in [0.29, 0.717) is 16.6 Å². The fourth-order valence-corrected chi connectivity index (χ4v) is 3.85. The first-order chi connectivity index (χ1) is 12.1. The summed E-state index contributed by atoms with van der Waals surface area (Å²) < 4.78 is 28.4. The van der Waals surface area contributed by atoms with Gasteiger partial charge >= 0.3 is 0 Å². The minimum absolute atomic E-state index is 0.0214. The van der Waals surface area contributed by atoms with Crippen LogP contribution in [-0.2, 0) is 10.2 Å². The highest BCUT2D eigenvalue weighted by molar-refractivity contribution is 7.99. The molecular formula is C18H19F2N3O2S. The molecule has 0 aliphatic carbocycles. The van der Waals surface area contributed by atoms with Crippen LogP contribution in [0.4, 0.5) is 14.5 Å². The Hall–Kier alpha value is -2.22. The van der Waals surface area contributed by atoms with Gasteiger partial charge in [0.1, 0.15) is 11.6 Å². The molecule has 26 heavy (non-hydrogen) atoms. The molecule has 8 heteroatoms. The molecular weight excluding hydrogens is 360 g/mol. The zero-order valence-corrected chi connectivity index (χ0v) is 15.5. The number of rotatable bonds is 3. The number of aromatic nitrogens is 2. The van der Waals surface area contributed by atoms with Crippen molar-refractivity contribution in [3.63, 3.8) is 0 Å². The Morgan fingerprint density at radius 1 is 1.35 bits per heavy atom. The van der Waals surface area contributed by atoms with Crippen molar-refractivity contribution in [3.8, 4) is 0 Å². The van der Waals surface area contributed by atoms with Crippen LogP contribution in [0.25, 0.3) is 0 Å². The highest BCUT2D eigenvalue weighted by atomic mass is 32.2. The Morgan fingerprint density at radius 3 is 2.77 bits per heavy atom. The van der Waals surface area contributed by atoms with E-state index in [1.165, 1.54) is 22.4 Å². The number of halogens is 2. The lowest BCUT2D eigenvalue weighted by atomic mass is 9.92. The van der Waals surface area contributed by atoms with Crippen molar-refractivity contribution < 1.29 is 13.6 Å². The van der Waals surface area contributed by atoms with Crippen molar-refractivity contribution in [2.45, 2.75) is 43.8 Å². The Morgan fingerprint density at radius 2 is 2.08 bits per heavy atom. The topological polar surface area (TPSA) is 64.0 Å². The van der Waals surface area contributed by atoms with Crippen LogP contribution in [0.1, 0.15) is 38.9 Å². The van der Waals surface area contributed by atoms with Gasteiger partial charge in [-0.2, -0.15) is 0 Å². The van der Waals surface area contributed by atoms with E-state index in [0.717, 1.165) is 18.2 Å². The molecule has 0 bridgehead atoms. The second-order valence-electron chi connectivity index (χ2n) is 7.22. The zero-order valence-electron chi connectivity index (χ0n) is 14.7. The number of nitrogens with zero attached hydrogens (tertiary/aromatic N) is 2. The number of carbonyl (C=O) groups is 1. The maximum Gasteiger partial charge on any atom is 0.254 e. The van der Waals surface area contributed by atoms with E-state index in [2.05, 4.69) is 10.3 Å². The molecule has 1 aliphatic heterocycles. The van der Waals surface area contributed by atoms with Crippen molar-refractivity contribution in [3.05, 3.63) is 51.9 Å². The SMILES string of the molecule is CC(C)(C)c1cc(=O)n2c(n1)SCC2CC(=O)Nc1cc(F)ccc1F. The largest absolute Gasteiger partial charge is 0.323 e. The maximum atomic E-state index is 13.7. The molecule has 1 atom stereocenters. The molecule has 1 unspecified atom stereocenters. The van der Waals surface area contributed by atoms with E-state index >= 15 is 0 Å². The zero-order chi connectivity index (χ0) is 19.1. The fraction of sp³-hybridized carbons (Fsp3) is 0.389. The molecule has 138 valence electrons. The van der Waals surface area contributed by atoms with E-state index in [9.17, 15) is 18.4 Å². The van der Waals surface area contributed by atoms with Gasteiger partial charge in [-0.25, -0.2) is 13.8 Å². The van der Waals surface area contributed by atoms with Crippen LogP contribution in [0, 0.1) is 11.6 Å². The van der Waals surface area contributed by atoms with Crippen molar-refractivity contribution in [1.29, 1.82) is 0 Å². The van der Waals surface area contributed by atoms with Crippen molar-refractivity contribution in [2.24, 2.45) is 0 Å². The molecule has 0 spiro atoms. The van der Waals surface area contributed by atoms with Gasteiger partial charge in [-0.05, 0) is 12.1 Å². The quantitative estimate of drug-likeness (QED) is 0.829. The highest BCUT2D eigenvalue weighted by Crippen LogP contribution is 2.33. The van der Waals surface area contributed by atoms with E-state index in [-0.39, 0.29) is 29.1 Å². The van der Waals surface area contributed by atoms with Gasteiger partial charge < -0.3 is 5.32 Å². The normalized spacial score (nSPS) is 16.4. The standard InChI is InChI=1S/C18H19F2N3O2S/c1-18(2,3)14-8-16(25)23-11(9-26-17(23)22-14)7-15(24)21-13-6-10(19)4-5-12(13)20/h4-6,8,11H,7,9H2,1-3H3,(H,21,24). The lowest BCUT2D eigenvalue weighted by Crippen LogP contribution is -2.29. The first-order valence-corrected chi connectivity index (χ1v) is 9.15. The smallest absolute Gasteiger partial charge is 0.254 e. The molecule has 5 nitrogen and oxygen atoms in total. The summed E-state index contributed by atoms with van der Waals surface area (Å²) in [5.74, 6) is -1.32. The molecule has 2 heterocycles. The number of anilines is 1. The molecule has 2 aromatic rings. The summed E-state index contributed by atoms with van der Waals surface area (Å²) in [6.07, 6.45) is -0.0214. The molecule has 1 aromatic carbocycles. The minimum Gasteiger partial charge on any atom is -0.323 e. The van der Waals surface area contributed by atoms with Gasteiger partial charge in [-0.1, -0.05) is 32.5 Å². The summed E-state index contributed by atoms with van der Waals surface area (Å²) in [5, 5.41) is 2.95. The number of amides is 1. The molecule has 0 radical (unpaired) electrons. The minimum atomic E-state index is -0.713. The van der Waals surface area contributed by atoms with Gasteiger partial charge in [0.15, 0.2) is 5.16 Å². The summed E-state index contributed by atoms with van der Waals surface area (Å²) in [6, 6.07) is 3.97. The second-order valence-corrected chi connectivity index (χ2v) is 8.21. The molecule has 1 aromatic heterocycles. The van der Waals surface area contributed by atoms with Crippen molar-refractivity contribution >= 4 is 23.4 Å². The third kappa shape index (κ3) is 3.80. The van der Waals surface area contributed by atoms with E-state index in [1.807, 2.05) is 20.8 Å². The van der Waals surface area contributed by atoms with Gasteiger partial charge in [0.25, 0.3) is 5.56 Å². The van der Waals surface area contributed by atoms with E-state index in [4.69, 9.17) is 0 Å². The average Bonchev–Trinajstić information content (AvgIpc) is 2.93. The number of hydrogen-bond acceptors (Lipinski definition) is 4. The van der Waals surface area contributed by atoms with Crippen LogP contribution in [0.5, 0.6) is 0 Å². The van der Waals surface area contributed by atoms with Crippen LogP contribution in [0.2, 0.25) is 0 Å². The molecule has 1 amide bonds. The lowest BCUT2D eigenvalue weighted by Gasteiger charge is -2.19. The number of nitrogens with one attached hydrogen (secondary N) is 1. The predicted molar refractivity (Wildman–Crippen MR) is 96.6 cm³/mol. The first kappa shape index (κ1) is 18.6. The monoisotopic (exact) mass is 379 g/mol. The number of thioether (sulfide) groups is 1. The number of benzene rings is 1. The molecule has 1 aliphatic rings. The molecule has 0 saturated heterocycles. The molecule has 3 rings (SSSR count). The van der Waals surface area contributed by atoms with E-state index in [1.54, 1.807) is 0 Å². The third-order valence-corrected chi connectivity index (χ3v) is 5.18. The maximum absolute atomic E-state index is 13.7. The summed E-state index contributed by atoms with van der Waals surface area (Å²) in [4.78, 5) is 29.3. The number of fused-ring (bicyclic) bond motifs is 1. The van der Waals surface area contributed by atoms with E-state index < -0.39 is 17.5 Å². The summed E-state index contributed by atoms with van der Waals surface area (Å²) in [5.41, 5.74) is 0.0296. The number of hydrogen-bond donors (Lipinski definition) is 1. The lowest BCUT2D eigenvalue weighted by molar-refractivity contribution is -0.116. The van der Waals surface area contributed by atoms with Gasteiger partial charge in [0.2, 0.25) is 5.91 Å². The highest BCUT2D eigenvalue weighted by Gasteiger charge is 2.29. The Labute approximate surface area is 153 Å². The summed E-state index contributed by atoms with van der Waals surface area (Å²) >= 11 is 1.41. The average molecular weight is 379 g/mol. The van der Waals surface area contributed by atoms with Crippen LogP contribution in [0.3, 0.4) is 0 Å². The summed E-state index contributed by atoms with van der Waals surface area (Å²) in [7, 11) is 0. The first-order valence-electron chi connectivity index (χ1n) is 8.17. The Balaban J connectivity index is 1.79. The van der Waals surface area contributed by atoms with Crippen LogP contribution in [-0.4, -0.2) is 21.2 Å². The molecule has 1 N–H and O–H groups in total. The Kier molecular flexibility index (Phi) is 4.88. The van der Waals surface area contributed by atoms with Crippen molar-refractivity contribution in [2.75, 3.05) is 11.1 Å². The van der Waals surface area contributed by atoms with Crippen LogP contribution < -0.4 is 10.9 Å². The van der Waals surface area contributed by atoms with Gasteiger partial charge in [-0.3, -0.25) is 14.2 Å². The van der Waals surface area contributed by atoms with Crippen LogP contribution >= 0.6 is 11.8 Å². The van der Waals surface area contributed by atoms with Crippen LogP contribution in [0.15, 0.2) is 34.2 Å². The summed E-state index contributed by atoms with van der Waals surface area (Å²) in [6.45, 7) is 5.93. The second kappa shape index (κ2) is 6.83. The third-order valence-electron chi connectivity index (χ3n) is 4.08. The molecule has 0 fully saturated rings. The predicted octanol–water partition coefficient (Wildman–Crippen LogP) is 3.49. The molecule has 0 saturated carbocycles. The van der Waals surface area contributed by atoms with Crippen molar-refractivity contribution in [1.82, 2.24) is 9.55 Å². The van der Waals surface area contributed by atoms with Gasteiger partial charge in [-0.15, -0.1) is 0 Å². The van der Waals surface area contributed by atoms with Gasteiger partial charge in [0.05, 0.1) is 17.4 Å². The Bertz CT molecular complexity index is 922. The fourth-order valence-electron chi connectivity index (χ4n) is 2.70. The number of carbonyl (C=O) groups excluding carboxylic acids is 1.